The van der Waals surface area contributed by atoms with Crippen molar-refractivity contribution in [2.75, 3.05) is 21.2 Å². The number of benzene rings is 3. The maximum atomic E-state index is 12.0. The van der Waals surface area contributed by atoms with Crippen LogP contribution in [0, 0.1) is 0 Å². The van der Waals surface area contributed by atoms with Crippen LogP contribution in [0.1, 0.15) is 27.0 Å². The molecule has 0 radical (unpaired) electrons. The van der Waals surface area contributed by atoms with Crippen molar-refractivity contribution in [2.45, 2.75) is 6.54 Å². The Labute approximate surface area is 209 Å². The van der Waals surface area contributed by atoms with Gasteiger partial charge in [-0.15, -0.1) is 0 Å². The minimum absolute atomic E-state index is 0.0105. The summed E-state index contributed by atoms with van der Waals surface area (Å²) in [5.41, 5.74) is 6.25. The van der Waals surface area contributed by atoms with Crippen LogP contribution in [0.25, 0.3) is 21.8 Å². The Balaban J connectivity index is 1.71. The number of esters is 1. The van der Waals surface area contributed by atoms with Crippen molar-refractivity contribution in [1.29, 1.82) is 0 Å². The molecule has 182 valence electrons. The van der Waals surface area contributed by atoms with Crippen LogP contribution in [0.4, 0.5) is 5.69 Å². The zero-order valence-electron chi connectivity index (χ0n) is 20.7. The van der Waals surface area contributed by atoms with Gasteiger partial charge < -0.3 is 24.3 Å². The SMILES string of the molecule is COC(=O)c1ccc2c(C(=Nc3ccc4c(c3)c(CN(C)C)cn4C)c3ccccc3)c(O)[nH]c2c1. The van der Waals surface area contributed by atoms with E-state index in [2.05, 4.69) is 46.9 Å². The lowest BCUT2D eigenvalue weighted by Crippen LogP contribution is -2.10. The van der Waals surface area contributed by atoms with Gasteiger partial charge in [-0.2, -0.15) is 0 Å². The minimum Gasteiger partial charge on any atom is -0.494 e. The molecule has 7 nitrogen and oxygen atoms in total. The van der Waals surface area contributed by atoms with E-state index in [9.17, 15) is 9.90 Å². The van der Waals surface area contributed by atoms with Crippen LogP contribution < -0.4 is 0 Å². The largest absolute Gasteiger partial charge is 0.494 e. The van der Waals surface area contributed by atoms with Crippen molar-refractivity contribution in [1.82, 2.24) is 14.5 Å². The fourth-order valence-electron chi connectivity index (χ4n) is 4.66. The van der Waals surface area contributed by atoms with Crippen LogP contribution in [-0.2, 0) is 18.3 Å². The number of nitrogens with zero attached hydrogens (tertiary/aromatic N) is 3. The quantitative estimate of drug-likeness (QED) is 0.252. The Morgan fingerprint density at radius 3 is 2.53 bits per heavy atom. The summed E-state index contributed by atoms with van der Waals surface area (Å²) in [4.78, 5) is 22.2. The molecule has 0 atom stereocenters. The van der Waals surface area contributed by atoms with E-state index < -0.39 is 5.97 Å². The van der Waals surface area contributed by atoms with Crippen LogP contribution in [0.5, 0.6) is 5.88 Å². The number of ether oxygens (including phenoxy) is 1. The van der Waals surface area contributed by atoms with Gasteiger partial charge in [0.25, 0.3) is 0 Å². The van der Waals surface area contributed by atoms with E-state index in [1.165, 1.54) is 12.7 Å². The van der Waals surface area contributed by atoms with Crippen LogP contribution in [-0.4, -0.2) is 52.4 Å². The van der Waals surface area contributed by atoms with Gasteiger partial charge in [-0.3, -0.25) is 0 Å². The third kappa shape index (κ3) is 4.25. The molecule has 0 fully saturated rings. The number of aromatic amines is 1. The normalized spacial score (nSPS) is 12.1. The van der Waals surface area contributed by atoms with Crippen molar-refractivity contribution < 1.29 is 14.6 Å². The number of carbonyl (C=O) groups excluding carboxylic acids is 1. The Morgan fingerprint density at radius 2 is 1.81 bits per heavy atom. The number of methoxy groups -OCH3 is 1. The summed E-state index contributed by atoms with van der Waals surface area (Å²) in [7, 11) is 7.50. The van der Waals surface area contributed by atoms with Crippen molar-refractivity contribution in [3.8, 4) is 5.88 Å². The van der Waals surface area contributed by atoms with Crippen LogP contribution >= 0.6 is 0 Å². The molecule has 0 saturated heterocycles. The van der Waals surface area contributed by atoms with Gasteiger partial charge >= 0.3 is 5.97 Å². The molecule has 0 unspecified atom stereocenters. The summed E-state index contributed by atoms with van der Waals surface area (Å²) in [5, 5.41) is 12.9. The van der Waals surface area contributed by atoms with Crippen LogP contribution in [0.15, 0.2) is 77.9 Å². The molecule has 2 heterocycles. The number of aryl methyl sites for hydroxylation is 1. The molecule has 0 amide bonds. The first-order valence-electron chi connectivity index (χ1n) is 11.7. The first-order valence-corrected chi connectivity index (χ1v) is 11.7. The standard InChI is InChI=1S/C29H28N4O3/c1-32(2)16-20-17-33(3)25-13-11-21(15-23(20)25)30-27(18-8-6-5-7-9-18)26-22-12-10-19(29(35)36-4)14-24(22)31-28(26)34/h5-15,17,31,34H,16H2,1-4H3. The van der Waals surface area contributed by atoms with Gasteiger partial charge in [0.15, 0.2) is 5.88 Å². The second-order valence-electron chi connectivity index (χ2n) is 9.13. The van der Waals surface area contributed by atoms with E-state index in [4.69, 9.17) is 9.73 Å². The van der Waals surface area contributed by atoms with Gasteiger partial charge in [-0.1, -0.05) is 36.4 Å². The lowest BCUT2D eigenvalue weighted by molar-refractivity contribution is 0.0601. The van der Waals surface area contributed by atoms with Crippen LogP contribution in [0.3, 0.4) is 0 Å². The summed E-state index contributed by atoms with van der Waals surface area (Å²) in [6.45, 7) is 0.821. The third-order valence-corrected chi connectivity index (χ3v) is 6.27. The molecule has 5 aromatic rings. The molecule has 7 heteroatoms. The molecular weight excluding hydrogens is 452 g/mol. The van der Waals surface area contributed by atoms with Gasteiger partial charge in [0, 0.05) is 47.2 Å². The molecule has 0 saturated carbocycles. The van der Waals surface area contributed by atoms with E-state index in [0.29, 0.717) is 22.4 Å². The second-order valence-corrected chi connectivity index (χ2v) is 9.13. The molecule has 2 aromatic heterocycles. The topological polar surface area (TPSA) is 82.8 Å². The number of aromatic nitrogens is 2. The summed E-state index contributed by atoms with van der Waals surface area (Å²) in [5.74, 6) is -0.446. The highest BCUT2D eigenvalue weighted by molar-refractivity contribution is 6.22. The average Bonchev–Trinajstić information content (AvgIpc) is 3.36. The van der Waals surface area contributed by atoms with Gasteiger partial charge in [0.2, 0.25) is 0 Å². The predicted molar refractivity (Wildman–Crippen MR) is 143 cm³/mol. The second kappa shape index (κ2) is 9.36. The third-order valence-electron chi connectivity index (χ3n) is 6.27. The molecule has 0 spiro atoms. The van der Waals surface area contributed by atoms with Crippen molar-refractivity contribution >= 4 is 39.2 Å². The molecule has 0 aliphatic heterocycles. The molecule has 0 bridgehead atoms. The highest BCUT2D eigenvalue weighted by Crippen LogP contribution is 2.33. The number of H-pyrrole nitrogens is 1. The fraction of sp³-hybridized carbons (Fsp3) is 0.172. The van der Waals surface area contributed by atoms with Crippen molar-refractivity contribution in [3.63, 3.8) is 0 Å². The van der Waals surface area contributed by atoms with Gasteiger partial charge in [-0.05, 0) is 50.0 Å². The molecule has 0 aliphatic rings. The van der Waals surface area contributed by atoms with E-state index in [0.717, 1.165) is 34.1 Å². The zero-order chi connectivity index (χ0) is 25.4. The molecule has 3 aromatic carbocycles. The Morgan fingerprint density at radius 1 is 1.03 bits per heavy atom. The highest BCUT2D eigenvalue weighted by Gasteiger charge is 2.20. The lowest BCUT2D eigenvalue weighted by atomic mass is 10.00. The predicted octanol–water partition coefficient (Wildman–Crippen LogP) is 5.38. The number of aromatic hydroxyl groups is 1. The van der Waals surface area contributed by atoms with Crippen LogP contribution in [0.2, 0.25) is 0 Å². The molecular formula is C29H28N4O3. The molecule has 2 N–H and O–H groups in total. The number of carbonyl (C=O) groups is 1. The summed E-state index contributed by atoms with van der Waals surface area (Å²) in [6, 6.07) is 21.1. The molecule has 36 heavy (non-hydrogen) atoms. The van der Waals surface area contributed by atoms with Gasteiger partial charge in [-0.25, -0.2) is 9.79 Å². The maximum absolute atomic E-state index is 12.0. The van der Waals surface area contributed by atoms with E-state index >= 15 is 0 Å². The number of fused-ring (bicyclic) bond motifs is 2. The monoisotopic (exact) mass is 480 g/mol. The van der Waals surface area contributed by atoms with Crippen molar-refractivity contribution in [2.24, 2.45) is 12.0 Å². The van der Waals surface area contributed by atoms with E-state index in [1.54, 1.807) is 18.2 Å². The number of nitrogens with one attached hydrogen (secondary N) is 1. The summed E-state index contributed by atoms with van der Waals surface area (Å²) < 4.78 is 6.97. The number of rotatable bonds is 6. The lowest BCUT2D eigenvalue weighted by Gasteiger charge is -2.10. The zero-order valence-corrected chi connectivity index (χ0v) is 20.7. The van der Waals surface area contributed by atoms with E-state index in [1.807, 2.05) is 43.4 Å². The average molecular weight is 481 g/mol. The smallest absolute Gasteiger partial charge is 0.337 e. The van der Waals surface area contributed by atoms with Gasteiger partial charge in [0.05, 0.1) is 29.6 Å². The van der Waals surface area contributed by atoms with E-state index in [-0.39, 0.29) is 5.88 Å². The molecule has 5 rings (SSSR count). The van der Waals surface area contributed by atoms with Crippen molar-refractivity contribution in [3.05, 3.63) is 95.2 Å². The summed E-state index contributed by atoms with van der Waals surface area (Å²) >= 11 is 0. The first kappa shape index (κ1) is 23.4. The minimum atomic E-state index is -0.436. The Kier molecular flexibility index (Phi) is 6.08. The Hall–Kier alpha value is -4.36. The molecule has 0 aliphatic carbocycles. The number of hydrogen-bond acceptors (Lipinski definition) is 5. The Bertz CT molecular complexity index is 1610. The maximum Gasteiger partial charge on any atom is 0.337 e. The number of aliphatic imine (C=N–C) groups is 1. The fourth-order valence-corrected chi connectivity index (χ4v) is 4.66. The highest BCUT2D eigenvalue weighted by atomic mass is 16.5. The first-order chi connectivity index (χ1) is 17.4. The number of hydrogen-bond donors (Lipinski definition) is 2. The van der Waals surface area contributed by atoms with Gasteiger partial charge in [0.1, 0.15) is 0 Å². The summed E-state index contributed by atoms with van der Waals surface area (Å²) in [6.07, 6.45) is 2.15.